The van der Waals surface area contributed by atoms with E-state index >= 15 is 0 Å². The van der Waals surface area contributed by atoms with E-state index in [-0.39, 0.29) is 43.1 Å². The van der Waals surface area contributed by atoms with Gasteiger partial charge in [-0.15, -0.1) is 0 Å². The predicted molar refractivity (Wildman–Crippen MR) is 144 cm³/mol. The molecule has 3 aromatic heterocycles. The minimum Gasteiger partial charge on any atom is -0.479 e. The second-order valence-corrected chi connectivity index (χ2v) is 12.4. The van der Waals surface area contributed by atoms with Gasteiger partial charge in [0.2, 0.25) is 11.8 Å². The SMILES string of the molecule is COc1nc(N)nc2c1ncn2C1OC(COP(=O)(NCCOC(C)=O)OCc2oc(=O)oc2C(C)(C)C)C(O)C1C. The minimum absolute atomic E-state index is 0.0341. The third-order valence-corrected chi connectivity index (χ3v) is 7.94. The molecule has 0 aliphatic carbocycles. The smallest absolute Gasteiger partial charge is 0.479 e. The van der Waals surface area contributed by atoms with Crippen molar-refractivity contribution in [2.24, 2.45) is 5.92 Å². The zero-order valence-corrected chi connectivity index (χ0v) is 25.0. The van der Waals surface area contributed by atoms with Crippen molar-refractivity contribution in [3.8, 4) is 5.88 Å². The van der Waals surface area contributed by atoms with Gasteiger partial charge in [0.25, 0.3) is 0 Å². The molecule has 17 nitrogen and oxygen atoms in total. The quantitative estimate of drug-likeness (QED) is 0.150. The third kappa shape index (κ3) is 6.99. The number of imidazole rings is 1. The molecule has 3 aromatic rings. The van der Waals surface area contributed by atoms with Crippen LogP contribution in [0, 0.1) is 5.92 Å². The Morgan fingerprint density at radius 2 is 2.00 bits per heavy atom. The Kier molecular flexibility index (Phi) is 9.39. The van der Waals surface area contributed by atoms with Crippen LogP contribution in [0.15, 0.2) is 20.0 Å². The molecule has 0 radical (unpaired) electrons. The van der Waals surface area contributed by atoms with Crippen molar-refractivity contribution >= 4 is 30.8 Å². The first-order valence-corrected chi connectivity index (χ1v) is 14.5. The lowest BCUT2D eigenvalue weighted by atomic mass is 9.92. The molecule has 1 aliphatic rings. The molecule has 4 N–H and O–H groups in total. The van der Waals surface area contributed by atoms with Crippen LogP contribution in [0.2, 0.25) is 0 Å². The lowest BCUT2D eigenvalue weighted by molar-refractivity contribution is -0.140. The molecule has 1 aliphatic heterocycles. The number of rotatable bonds is 12. The van der Waals surface area contributed by atoms with Gasteiger partial charge in [0, 0.05) is 24.8 Å². The van der Waals surface area contributed by atoms with E-state index in [4.69, 9.17) is 37.8 Å². The number of nitrogen functional groups attached to an aromatic ring is 1. The lowest BCUT2D eigenvalue weighted by Crippen LogP contribution is -2.30. The molecule has 0 saturated carbocycles. The standard InChI is InChI=1S/C24H35N6O11P/c1-12-17(32)14(39-21(12)30-11-26-16-19(30)28-22(25)29-20(16)35-6)9-37-42(34,27-7-8-36-13(2)31)38-10-15-18(24(3,4)5)41-23(33)40-15/h11-12,14,17,21,32H,7-10H2,1-6H3,(H,27,34)(H2,25,28,29). The van der Waals surface area contributed by atoms with Gasteiger partial charge in [0.15, 0.2) is 22.7 Å². The molecule has 4 heterocycles. The molecule has 0 amide bonds. The summed E-state index contributed by atoms with van der Waals surface area (Å²) in [5.41, 5.74) is 5.90. The molecule has 5 atom stereocenters. The van der Waals surface area contributed by atoms with E-state index in [9.17, 15) is 19.3 Å². The molecule has 4 rings (SSSR count). The van der Waals surface area contributed by atoms with Crippen molar-refractivity contribution in [2.75, 3.05) is 32.6 Å². The van der Waals surface area contributed by atoms with Crippen LogP contribution in [0.5, 0.6) is 5.88 Å². The fraction of sp³-hybridized carbons (Fsp3) is 0.625. The molecule has 42 heavy (non-hydrogen) atoms. The Balaban J connectivity index is 1.50. The van der Waals surface area contributed by atoms with Gasteiger partial charge in [-0.05, 0) is 0 Å². The first-order valence-electron chi connectivity index (χ1n) is 13.0. The second kappa shape index (κ2) is 12.5. The molecular weight excluding hydrogens is 579 g/mol. The van der Waals surface area contributed by atoms with E-state index in [0.717, 1.165) is 0 Å². The molecule has 1 fully saturated rings. The number of hydrogen-bond donors (Lipinski definition) is 3. The summed E-state index contributed by atoms with van der Waals surface area (Å²) >= 11 is 0. The number of carbonyl (C=O) groups excluding carboxylic acids is 1. The fourth-order valence-corrected chi connectivity index (χ4v) is 5.63. The number of anilines is 1. The number of aromatic nitrogens is 4. The van der Waals surface area contributed by atoms with Crippen molar-refractivity contribution in [3.05, 3.63) is 28.5 Å². The molecule has 232 valence electrons. The van der Waals surface area contributed by atoms with Crippen molar-refractivity contribution in [2.45, 2.75) is 65.1 Å². The van der Waals surface area contributed by atoms with E-state index in [1.165, 1.54) is 20.4 Å². The summed E-state index contributed by atoms with van der Waals surface area (Å²) in [5.74, 6) is -1.54. The number of methoxy groups -OCH3 is 1. The molecule has 0 bridgehead atoms. The summed E-state index contributed by atoms with van der Waals surface area (Å²) in [6.07, 6.45) is -1.28. The highest BCUT2D eigenvalue weighted by Gasteiger charge is 2.44. The summed E-state index contributed by atoms with van der Waals surface area (Å²) in [6.45, 7) is 7.38. The lowest BCUT2D eigenvalue weighted by Gasteiger charge is -2.22. The Morgan fingerprint density at radius 3 is 2.67 bits per heavy atom. The number of carbonyl (C=O) groups is 1. The van der Waals surface area contributed by atoms with Gasteiger partial charge in [-0.1, -0.05) is 27.7 Å². The molecule has 18 heteroatoms. The van der Waals surface area contributed by atoms with Gasteiger partial charge in [-0.3, -0.25) is 18.4 Å². The van der Waals surface area contributed by atoms with E-state index in [1.807, 2.05) is 0 Å². The summed E-state index contributed by atoms with van der Waals surface area (Å²) in [6, 6.07) is 0. The summed E-state index contributed by atoms with van der Waals surface area (Å²) < 4.78 is 53.0. The monoisotopic (exact) mass is 614 g/mol. The first-order chi connectivity index (χ1) is 19.7. The zero-order chi connectivity index (χ0) is 30.8. The Hall–Kier alpha value is -3.34. The number of fused-ring (bicyclic) bond motifs is 1. The molecule has 1 saturated heterocycles. The number of ether oxygens (including phenoxy) is 3. The minimum atomic E-state index is -4.15. The number of aliphatic hydroxyl groups is 1. The maximum atomic E-state index is 13.7. The van der Waals surface area contributed by atoms with Crippen LogP contribution in [-0.2, 0) is 39.9 Å². The number of nitrogens with zero attached hydrogens (tertiary/aromatic N) is 4. The van der Waals surface area contributed by atoms with Crippen LogP contribution in [0.1, 0.15) is 52.4 Å². The number of nitrogens with one attached hydrogen (secondary N) is 1. The average molecular weight is 615 g/mol. The van der Waals surface area contributed by atoms with Crippen LogP contribution in [0.4, 0.5) is 5.95 Å². The van der Waals surface area contributed by atoms with E-state index in [1.54, 1.807) is 32.3 Å². The van der Waals surface area contributed by atoms with Crippen LogP contribution in [0.3, 0.4) is 0 Å². The van der Waals surface area contributed by atoms with Gasteiger partial charge in [-0.25, -0.2) is 19.4 Å². The van der Waals surface area contributed by atoms with E-state index in [2.05, 4.69) is 20.0 Å². The van der Waals surface area contributed by atoms with E-state index in [0.29, 0.717) is 11.2 Å². The number of esters is 1. The Morgan fingerprint density at radius 1 is 1.26 bits per heavy atom. The predicted octanol–water partition coefficient (Wildman–Crippen LogP) is 1.65. The molecular formula is C24H35N6O11P. The van der Waals surface area contributed by atoms with Crippen molar-refractivity contribution in [3.63, 3.8) is 0 Å². The maximum absolute atomic E-state index is 13.7. The topological polar surface area (TPSA) is 226 Å². The highest BCUT2D eigenvalue weighted by molar-refractivity contribution is 7.51. The van der Waals surface area contributed by atoms with Crippen LogP contribution < -0.4 is 21.4 Å². The molecule has 0 spiro atoms. The molecule has 0 aromatic carbocycles. The summed E-state index contributed by atoms with van der Waals surface area (Å²) in [5, 5.41) is 13.6. The van der Waals surface area contributed by atoms with Crippen molar-refractivity contribution < 1.29 is 46.6 Å². The Labute approximate surface area is 240 Å². The van der Waals surface area contributed by atoms with Crippen LogP contribution in [0.25, 0.3) is 11.2 Å². The number of nitrogens with two attached hydrogens (primary N) is 1. The Bertz CT molecular complexity index is 1510. The summed E-state index contributed by atoms with van der Waals surface area (Å²) in [4.78, 5) is 35.4. The first kappa shape index (κ1) is 31.6. The van der Waals surface area contributed by atoms with Crippen LogP contribution in [-0.4, -0.2) is 69.7 Å². The van der Waals surface area contributed by atoms with Gasteiger partial charge in [0.05, 0.1) is 26.1 Å². The zero-order valence-electron chi connectivity index (χ0n) is 24.1. The van der Waals surface area contributed by atoms with E-state index < -0.39 is 55.9 Å². The summed E-state index contributed by atoms with van der Waals surface area (Å²) in [7, 11) is -2.72. The van der Waals surface area contributed by atoms with Gasteiger partial charge < -0.3 is 33.9 Å². The molecule has 5 unspecified atom stereocenters. The number of aliphatic hydroxyl groups excluding tert-OH is 1. The van der Waals surface area contributed by atoms with Crippen LogP contribution >= 0.6 is 7.75 Å². The second-order valence-electron chi connectivity index (χ2n) is 10.6. The van der Waals surface area contributed by atoms with Gasteiger partial charge in [0.1, 0.15) is 25.5 Å². The van der Waals surface area contributed by atoms with Gasteiger partial charge >= 0.3 is 19.5 Å². The largest absolute Gasteiger partial charge is 0.519 e. The fourth-order valence-electron chi connectivity index (χ4n) is 4.38. The van der Waals surface area contributed by atoms with Crippen molar-refractivity contribution in [1.29, 1.82) is 0 Å². The van der Waals surface area contributed by atoms with Gasteiger partial charge in [-0.2, -0.15) is 9.97 Å². The average Bonchev–Trinajstić information content (AvgIpc) is 3.59. The maximum Gasteiger partial charge on any atom is 0.519 e. The number of hydrogen-bond acceptors (Lipinski definition) is 15. The highest BCUT2D eigenvalue weighted by Crippen LogP contribution is 2.46. The normalized spacial score (nSPS) is 22.4. The third-order valence-electron chi connectivity index (χ3n) is 6.37. The highest BCUT2D eigenvalue weighted by atomic mass is 31.2. The van der Waals surface area contributed by atoms with Crippen molar-refractivity contribution in [1.82, 2.24) is 24.6 Å².